The topological polar surface area (TPSA) is 115 Å². The van der Waals surface area contributed by atoms with Gasteiger partial charge in [-0.2, -0.15) is 0 Å². The molecule has 0 bridgehead atoms. The average molecular weight is 737 g/mol. The summed E-state index contributed by atoms with van der Waals surface area (Å²) in [6, 6.07) is 36.0. The number of hydrogen-bond acceptors (Lipinski definition) is 9. The lowest BCUT2D eigenvalue weighted by Gasteiger charge is -2.39. The highest BCUT2D eigenvalue weighted by Crippen LogP contribution is 2.40. The number of benzene rings is 5. The number of rotatable bonds is 11. The van der Waals surface area contributed by atoms with Crippen molar-refractivity contribution in [1.29, 1.82) is 0 Å². The number of fused-ring (bicyclic) bond motifs is 2. The Morgan fingerprint density at radius 1 is 0.855 bits per heavy atom. The van der Waals surface area contributed by atoms with Crippen LogP contribution >= 0.6 is 0 Å². The number of methoxy groups -OCH3 is 2. The molecule has 5 aromatic carbocycles. The van der Waals surface area contributed by atoms with Crippen molar-refractivity contribution in [2.24, 2.45) is 0 Å². The zero-order chi connectivity index (χ0) is 37.7. The van der Waals surface area contributed by atoms with Crippen molar-refractivity contribution in [2.75, 3.05) is 27.3 Å². The van der Waals surface area contributed by atoms with Crippen molar-refractivity contribution in [1.82, 2.24) is 20.2 Å². The normalized spacial score (nSPS) is 18.4. The van der Waals surface area contributed by atoms with Crippen LogP contribution in [0.25, 0.3) is 22.2 Å². The number of amides is 1. The number of hydrogen-bond donors (Lipinski definition) is 2. The molecule has 1 fully saturated rings. The van der Waals surface area contributed by atoms with Gasteiger partial charge in [0.2, 0.25) is 0 Å². The lowest BCUT2D eigenvalue weighted by atomic mass is 9.96. The first-order valence-corrected chi connectivity index (χ1v) is 18.6. The van der Waals surface area contributed by atoms with Crippen LogP contribution in [-0.4, -0.2) is 59.3 Å². The first-order valence-electron chi connectivity index (χ1n) is 18.6. The fourth-order valence-electron chi connectivity index (χ4n) is 7.53. The van der Waals surface area contributed by atoms with E-state index in [0.717, 1.165) is 76.5 Å². The molecule has 0 unspecified atom stereocenters. The fourth-order valence-corrected chi connectivity index (χ4v) is 7.53. The van der Waals surface area contributed by atoms with Gasteiger partial charge in [0.25, 0.3) is 5.91 Å². The minimum atomic E-state index is -0.575. The maximum atomic E-state index is 13.1. The zero-order valence-corrected chi connectivity index (χ0v) is 31.0. The van der Waals surface area contributed by atoms with Gasteiger partial charge in [0, 0.05) is 38.2 Å². The summed E-state index contributed by atoms with van der Waals surface area (Å²) < 4.78 is 24.6. The molecule has 3 heterocycles. The van der Waals surface area contributed by atoms with Crippen LogP contribution in [0.3, 0.4) is 0 Å². The lowest BCUT2D eigenvalue weighted by Crippen LogP contribution is -2.41. The van der Waals surface area contributed by atoms with Gasteiger partial charge in [0.05, 0.1) is 50.3 Å². The van der Waals surface area contributed by atoms with Crippen molar-refractivity contribution in [3.8, 4) is 22.6 Å². The molecule has 10 heteroatoms. The lowest BCUT2D eigenvalue weighted by molar-refractivity contribution is -0.253. The van der Waals surface area contributed by atoms with E-state index in [0.29, 0.717) is 18.5 Å². The Morgan fingerprint density at radius 3 is 2.33 bits per heavy atom. The summed E-state index contributed by atoms with van der Waals surface area (Å²) in [5.74, 6) is 1.22. The summed E-state index contributed by atoms with van der Waals surface area (Å²) in [5.41, 5.74) is 10.1. The van der Waals surface area contributed by atoms with Crippen molar-refractivity contribution >= 4 is 16.9 Å². The highest BCUT2D eigenvalue weighted by molar-refractivity contribution is 5.93. The van der Waals surface area contributed by atoms with E-state index in [1.807, 2.05) is 66.7 Å². The van der Waals surface area contributed by atoms with Gasteiger partial charge in [-0.15, -0.1) is 0 Å². The van der Waals surface area contributed by atoms with Gasteiger partial charge >= 0.3 is 0 Å². The van der Waals surface area contributed by atoms with Gasteiger partial charge in [0.1, 0.15) is 5.69 Å². The Bertz CT molecular complexity index is 2280. The second-order valence-electron chi connectivity index (χ2n) is 14.0. The Labute approximate surface area is 320 Å². The highest BCUT2D eigenvalue weighted by atomic mass is 16.7. The molecular formula is C45H44N4O6. The second-order valence-corrected chi connectivity index (χ2v) is 14.0. The second kappa shape index (κ2) is 16.4. The van der Waals surface area contributed by atoms with Crippen LogP contribution in [0, 0.1) is 0 Å². The van der Waals surface area contributed by atoms with E-state index >= 15 is 0 Å². The summed E-state index contributed by atoms with van der Waals surface area (Å²) in [7, 11) is 3.34. The van der Waals surface area contributed by atoms with Crippen LogP contribution in [-0.2, 0) is 35.6 Å². The number of aliphatic hydroxyl groups is 1. The number of nitrogens with one attached hydrogen (secondary N) is 1. The molecule has 0 spiro atoms. The molecule has 8 rings (SSSR count). The quantitative estimate of drug-likeness (QED) is 0.141. The van der Waals surface area contributed by atoms with E-state index in [4.69, 9.17) is 18.9 Å². The van der Waals surface area contributed by atoms with E-state index in [-0.39, 0.29) is 30.4 Å². The molecule has 55 heavy (non-hydrogen) atoms. The van der Waals surface area contributed by atoms with Crippen LogP contribution in [0.5, 0.6) is 11.5 Å². The molecule has 1 aromatic heterocycles. The molecule has 0 radical (unpaired) electrons. The number of carbonyl (C=O) groups excluding carboxylic acids is 1. The number of para-hydroxylation sites is 2. The molecule has 10 nitrogen and oxygen atoms in total. The maximum absolute atomic E-state index is 13.1. The van der Waals surface area contributed by atoms with Crippen molar-refractivity contribution < 1.29 is 28.8 Å². The first-order chi connectivity index (χ1) is 27.0. The number of aromatic nitrogens is 2. The highest BCUT2D eigenvalue weighted by Gasteiger charge is 2.34. The van der Waals surface area contributed by atoms with Gasteiger partial charge < -0.3 is 29.4 Å². The van der Waals surface area contributed by atoms with Gasteiger partial charge in [-0.3, -0.25) is 14.7 Å². The molecule has 2 N–H and O–H groups in total. The third kappa shape index (κ3) is 8.08. The molecular weight excluding hydrogens is 693 g/mol. The van der Waals surface area contributed by atoms with E-state index < -0.39 is 6.29 Å². The minimum Gasteiger partial charge on any atom is -0.493 e. The first kappa shape index (κ1) is 36.3. The summed E-state index contributed by atoms with van der Waals surface area (Å²) in [6.45, 7) is 2.78. The average Bonchev–Trinajstić information content (AvgIpc) is 3.25. The van der Waals surface area contributed by atoms with Crippen molar-refractivity contribution in [2.45, 2.75) is 51.0 Å². The van der Waals surface area contributed by atoms with E-state index in [2.05, 4.69) is 62.6 Å². The number of ether oxygens (including phenoxy) is 4. The Balaban J connectivity index is 0.987. The molecule has 1 saturated heterocycles. The number of nitrogens with zero attached hydrogens (tertiary/aromatic N) is 3. The van der Waals surface area contributed by atoms with Crippen molar-refractivity contribution in [3.05, 3.63) is 154 Å². The largest absolute Gasteiger partial charge is 0.493 e. The van der Waals surface area contributed by atoms with Gasteiger partial charge in [0.15, 0.2) is 17.8 Å². The van der Waals surface area contributed by atoms with Crippen LogP contribution in [0.1, 0.15) is 62.7 Å². The fraction of sp³-hybridized carbons (Fsp3) is 0.267. The van der Waals surface area contributed by atoms with Gasteiger partial charge in [-0.05, 0) is 69.6 Å². The number of aliphatic hydroxyl groups excluding tert-OH is 1. The van der Waals surface area contributed by atoms with E-state index in [9.17, 15) is 9.90 Å². The summed E-state index contributed by atoms with van der Waals surface area (Å²) in [4.78, 5) is 24.4. The molecule has 280 valence electrons. The molecule has 1 amide bonds. The standard InChI is InChI=1S/C45H44N4O6/c1-52-42-21-33-19-20-49(26-35(33)22-43(42)53-2)27-36-23-41(31-13-11-29(28-50)12-14-31)55-45(54-36)32-17-15-30(16-18-32)37-8-4-3-7-34(37)24-47-44(51)40-25-46-38-9-5-6-10-39(38)48-40/h3-18,21-22,25,36,41,45,50H,19-20,23-24,26-28H2,1-2H3,(H,47,51)/t36-,41+,45+/m0/s1. The Kier molecular flexibility index (Phi) is 10.8. The predicted molar refractivity (Wildman–Crippen MR) is 210 cm³/mol. The van der Waals surface area contributed by atoms with E-state index in [1.165, 1.54) is 17.3 Å². The predicted octanol–water partition coefficient (Wildman–Crippen LogP) is 7.34. The maximum Gasteiger partial charge on any atom is 0.271 e. The van der Waals surface area contributed by atoms with Crippen LogP contribution < -0.4 is 14.8 Å². The van der Waals surface area contributed by atoms with Gasteiger partial charge in [-0.25, -0.2) is 4.98 Å². The molecule has 0 aliphatic carbocycles. The third-order valence-corrected chi connectivity index (χ3v) is 10.5. The molecule has 0 saturated carbocycles. The third-order valence-electron chi connectivity index (χ3n) is 10.5. The minimum absolute atomic E-state index is 0.00571. The Hall–Kier alpha value is -5.65. The van der Waals surface area contributed by atoms with Crippen LogP contribution in [0.15, 0.2) is 115 Å². The van der Waals surface area contributed by atoms with E-state index in [1.54, 1.807) is 14.2 Å². The van der Waals surface area contributed by atoms with Gasteiger partial charge in [-0.1, -0.05) is 84.9 Å². The number of carbonyl (C=O) groups is 1. The SMILES string of the molecule is COc1cc2c(cc1OC)CN(C[C@@H]1C[C@H](c3ccc(CO)cc3)O[C@H](c3ccc(-c4ccccc4CNC(=O)c4cnc5ccccc5n4)cc3)O1)CC2. The monoisotopic (exact) mass is 736 g/mol. The Morgan fingerprint density at radius 2 is 1.56 bits per heavy atom. The molecule has 2 aliphatic heterocycles. The molecule has 6 aromatic rings. The summed E-state index contributed by atoms with van der Waals surface area (Å²) in [5, 5.41) is 12.7. The summed E-state index contributed by atoms with van der Waals surface area (Å²) in [6.07, 6.45) is 2.28. The van der Waals surface area contributed by atoms with Crippen LogP contribution in [0.2, 0.25) is 0 Å². The zero-order valence-electron chi connectivity index (χ0n) is 31.0. The molecule has 2 aliphatic rings. The smallest absolute Gasteiger partial charge is 0.271 e. The van der Waals surface area contributed by atoms with Crippen molar-refractivity contribution in [3.63, 3.8) is 0 Å². The van der Waals surface area contributed by atoms with Crippen LogP contribution in [0.4, 0.5) is 0 Å². The molecule has 3 atom stereocenters. The summed E-state index contributed by atoms with van der Waals surface area (Å²) >= 11 is 0.